The summed E-state index contributed by atoms with van der Waals surface area (Å²) in [6.07, 6.45) is 2.26. The maximum atomic E-state index is 13.2. The lowest BCUT2D eigenvalue weighted by Gasteiger charge is -2.18. The van der Waals surface area contributed by atoms with Gasteiger partial charge < -0.3 is 14.4 Å². The van der Waals surface area contributed by atoms with Crippen LogP contribution in [0.15, 0.2) is 59.3 Å². The van der Waals surface area contributed by atoms with E-state index in [1.807, 2.05) is 24.3 Å². The molecule has 2 aromatic carbocycles. The van der Waals surface area contributed by atoms with Gasteiger partial charge in [0.1, 0.15) is 5.75 Å². The van der Waals surface area contributed by atoms with Crippen molar-refractivity contribution in [1.29, 1.82) is 0 Å². The van der Waals surface area contributed by atoms with Crippen molar-refractivity contribution in [3.63, 3.8) is 0 Å². The molecule has 0 atom stereocenters. The minimum atomic E-state index is -0.556. The first-order chi connectivity index (χ1) is 14.3. The van der Waals surface area contributed by atoms with Gasteiger partial charge in [-0.1, -0.05) is 41.4 Å². The lowest BCUT2D eigenvalue weighted by atomic mass is 10.0. The fraction of sp³-hybridized carbons (Fsp3) is 0.217. The second-order valence-electron chi connectivity index (χ2n) is 6.74. The normalized spacial score (nSPS) is 15.2. The van der Waals surface area contributed by atoms with Gasteiger partial charge in [-0.15, -0.1) is 0 Å². The van der Waals surface area contributed by atoms with Gasteiger partial charge >= 0.3 is 5.97 Å². The van der Waals surface area contributed by atoms with Crippen molar-refractivity contribution in [3.05, 3.63) is 80.5 Å². The van der Waals surface area contributed by atoms with Crippen LogP contribution in [0, 0.1) is 0 Å². The zero-order valence-electron chi connectivity index (χ0n) is 16.9. The number of hydrogen-bond donors (Lipinski definition) is 0. The highest BCUT2D eigenvalue weighted by Gasteiger charge is 2.36. The highest BCUT2D eigenvalue weighted by Crippen LogP contribution is 2.33. The van der Waals surface area contributed by atoms with E-state index in [4.69, 9.17) is 32.7 Å². The minimum absolute atomic E-state index is 0.253. The van der Waals surface area contributed by atoms with Crippen LogP contribution < -0.4 is 4.74 Å². The number of hydrogen-bond acceptors (Lipinski definition) is 4. The topological polar surface area (TPSA) is 55.8 Å². The van der Waals surface area contributed by atoms with Crippen LogP contribution in [-0.2, 0) is 20.7 Å². The number of nitrogens with zero attached hydrogens (tertiary/aromatic N) is 1. The molecule has 156 valence electrons. The second-order valence-corrected chi connectivity index (χ2v) is 7.55. The van der Waals surface area contributed by atoms with Crippen molar-refractivity contribution < 1.29 is 19.1 Å². The number of benzene rings is 2. The highest BCUT2D eigenvalue weighted by molar-refractivity contribution is 6.42. The Hall–Kier alpha value is -2.76. The molecule has 0 spiro atoms. The standard InChI is InChI=1S/C23H21Cl2NO4/c1-14-21(23(28)30-3)18(12-16-6-9-19(24)20(25)13-16)22(27)26(14)11-10-15-4-7-17(29-2)8-5-15/h4-9,12-13H,10-11H2,1-3H3/b18-12-. The Kier molecular flexibility index (Phi) is 6.85. The van der Waals surface area contributed by atoms with Crippen LogP contribution in [0.1, 0.15) is 18.1 Å². The molecule has 0 saturated carbocycles. The Bertz CT molecular complexity index is 1040. The molecule has 7 heteroatoms. The van der Waals surface area contributed by atoms with Crippen LogP contribution in [0.4, 0.5) is 0 Å². The maximum absolute atomic E-state index is 13.2. The van der Waals surface area contributed by atoms with Gasteiger partial charge in [0.25, 0.3) is 5.91 Å². The number of ether oxygens (including phenoxy) is 2. The van der Waals surface area contributed by atoms with Crippen LogP contribution in [0.2, 0.25) is 10.0 Å². The summed E-state index contributed by atoms with van der Waals surface area (Å²) < 4.78 is 10.1. The quantitative estimate of drug-likeness (QED) is 0.467. The molecular weight excluding hydrogens is 425 g/mol. The summed E-state index contributed by atoms with van der Waals surface area (Å²) in [6.45, 7) is 2.17. The third kappa shape index (κ3) is 4.53. The van der Waals surface area contributed by atoms with Gasteiger partial charge in [-0.25, -0.2) is 4.79 Å². The van der Waals surface area contributed by atoms with Crippen LogP contribution in [0.25, 0.3) is 6.08 Å². The number of halogens is 2. The molecule has 0 aromatic heterocycles. The van der Waals surface area contributed by atoms with Crippen molar-refractivity contribution in [3.8, 4) is 5.75 Å². The number of rotatable bonds is 6. The summed E-state index contributed by atoms with van der Waals surface area (Å²) in [5.41, 5.74) is 2.80. The highest BCUT2D eigenvalue weighted by atomic mass is 35.5. The largest absolute Gasteiger partial charge is 0.497 e. The van der Waals surface area contributed by atoms with Crippen molar-refractivity contribution in [2.24, 2.45) is 0 Å². The van der Waals surface area contributed by atoms with Crippen LogP contribution in [0.5, 0.6) is 5.75 Å². The lowest BCUT2D eigenvalue weighted by Crippen LogP contribution is -2.27. The molecule has 1 aliphatic heterocycles. The molecule has 5 nitrogen and oxygen atoms in total. The summed E-state index contributed by atoms with van der Waals surface area (Å²) in [4.78, 5) is 27.2. The van der Waals surface area contributed by atoms with Crippen LogP contribution in [0.3, 0.4) is 0 Å². The Morgan fingerprint density at radius 2 is 1.77 bits per heavy atom. The molecule has 0 radical (unpaired) electrons. The predicted octanol–water partition coefficient (Wildman–Crippen LogP) is 4.92. The van der Waals surface area contributed by atoms with E-state index >= 15 is 0 Å². The van der Waals surface area contributed by atoms with E-state index in [2.05, 4.69) is 0 Å². The molecule has 1 amide bonds. The third-order valence-corrected chi connectivity index (χ3v) is 5.68. The molecule has 0 fully saturated rings. The summed E-state index contributed by atoms with van der Waals surface area (Å²) in [7, 11) is 2.91. The molecular formula is C23H21Cl2NO4. The average molecular weight is 446 g/mol. The van der Waals surface area contributed by atoms with E-state index in [1.54, 1.807) is 43.2 Å². The van der Waals surface area contributed by atoms with E-state index in [1.165, 1.54) is 7.11 Å². The van der Waals surface area contributed by atoms with Gasteiger partial charge in [0, 0.05) is 12.2 Å². The average Bonchev–Trinajstić information content (AvgIpc) is 2.98. The molecule has 1 aliphatic rings. The number of amides is 1. The van der Waals surface area contributed by atoms with Gasteiger partial charge in [-0.2, -0.15) is 0 Å². The molecule has 3 rings (SSSR count). The molecule has 0 aliphatic carbocycles. The zero-order valence-corrected chi connectivity index (χ0v) is 18.4. The molecule has 0 unspecified atom stereocenters. The summed E-state index contributed by atoms with van der Waals surface area (Å²) in [5.74, 6) is -0.0431. The predicted molar refractivity (Wildman–Crippen MR) is 118 cm³/mol. The number of carbonyl (C=O) groups is 2. The third-order valence-electron chi connectivity index (χ3n) is 4.94. The van der Waals surface area contributed by atoms with Crippen LogP contribution >= 0.6 is 23.2 Å². The summed E-state index contributed by atoms with van der Waals surface area (Å²) in [6, 6.07) is 12.7. The van der Waals surface area contributed by atoms with Gasteiger partial charge in [0.2, 0.25) is 0 Å². The van der Waals surface area contributed by atoms with Gasteiger partial charge in [-0.3, -0.25) is 4.79 Å². The first-order valence-electron chi connectivity index (χ1n) is 9.26. The first-order valence-corrected chi connectivity index (χ1v) is 10.0. The molecule has 2 aromatic rings. The van der Waals surface area contributed by atoms with Gasteiger partial charge in [0.15, 0.2) is 0 Å². The van der Waals surface area contributed by atoms with Gasteiger partial charge in [-0.05, 0) is 54.8 Å². The number of allylic oxidation sites excluding steroid dienone is 1. The molecule has 1 heterocycles. The Labute approximate surface area is 185 Å². The van der Waals surface area contributed by atoms with Gasteiger partial charge in [0.05, 0.1) is 35.4 Å². The number of esters is 1. The SMILES string of the molecule is COC(=O)C1=C(C)N(CCc2ccc(OC)cc2)C(=O)/C1=C\c1ccc(Cl)c(Cl)c1. The van der Waals surface area contributed by atoms with E-state index in [0.717, 1.165) is 11.3 Å². The minimum Gasteiger partial charge on any atom is -0.497 e. The smallest absolute Gasteiger partial charge is 0.340 e. The van der Waals surface area contributed by atoms with Crippen molar-refractivity contribution in [2.45, 2.75) is 13.3 Å². The molecule has 0 N–H and O–H groups in total. The Balaban J connectivity index is 1.90. The van der Waals surface area contributed by atoms with E-state index < -0.39 is 5.97 Å². The fourth-order valence-electron chi connectivity index (χ4n) is 3.30. The lowest BCUT2D eigenvalue weighted by molar-refractivity contribution is -0.136. The van der Waals surface area contributed by atoms with E-state index in [9.17, 15) is 9.59 Å². The van der Waals surface area contributed by atoms with Crippen LogP contribution in [-0.4, -0.2) is 37.5 Å². The summed E-state index contributed by atoms with van der Waals surface area (Å²) >= 11 is 12.1. The first kappa shape index (κ1) is 21.9. The van der Waals surface area contributed by atoms with E-state index in [0.29, 0.717) is 34.3 Å². The second kappa shape index (κ2) is 9.37. The van der Waals surface area contributed by atoms with E-state index in [-0.39, 0.29) is 17.1 Å². The zero-order chi connectivity index (χ0) is 21.8. The molecule has 0 saturated heterocycles. The number of carbonyl (C=O) groups excluding carboxylic acids is 2. The molecule has 30 heavy (non-hydrogen) atoms. The Morgan fingerprint density at radius 3 is 2.37 bits per heavy atom. The summed E-state index contributed by atoms with van der Waals surface area (Å²) in [5, 5.41) is 0.783. The van der Waals surface area contributed by atoms with Crippen molar-refractivity contribution >= 4 is 41.2 Å². The maximum Gasteiger partial charge on any atom is 0.340 e. The molecule has 0 bridgehead atoms. The van der Waals surface area contributed by atoms with Crippen molar-refractivity contribution in [1.82, 2.24) is 4.90 Å². The Morgan fingerprint density at radius 1 is 1.07 bits per heavy atom. The fourth-order valence-corrected chi connectivity index (χ4v) is 3.61. The number of methoxy groups -OCH3 is 2. The monoisotopic (exact) mass is 445 g/mol. The van der Waals surface area contributed by atoms with Crippen molar-refractivity contribution in [2.75, 3.05) is 20.8 Å².